The van der Waals surface area contributed by atoms with E-state index in [-0.39, 0.29) is 34.8 Å². The highest BCUT2D eigenvalue weighted by atomic mass is 35.5. The SMILES string of the molecule is CC1OC(C)C(C(=O)N2CCC(Cl)C(C)(C)C2)C1C. The van der Waals surface area contributed by atoms with Crippen LogP contribution in [0.15, 0.2) is 0 Å². The molecule has 2 saturated heterocycles. The molecule has 4 heteroatoms. The smallest absolute Gasteiger partial charge is 0.228 e. The van der Waals surface area contributed by atoms with Gasteiger partial charge >= 0.3 is 0 Å². The van der Waals surface area contributed by atoms with Crippen LogP contribution in [0.2, 0.25) is 0 Å². The number of carbonyl (C=O) groups is 1. The van der Waals surface area contributed by atoms with Crippen molar-refractivity contribution in [3.63, 3.8) is 0 Å². The Morgan fingerprint density at radius 3 is 2.37 bits per heavy atom. The molecule has 1 amide bonds. The lowest BCUT2D eigenvalue weighted by Gasteiger charge is -2.43. The molecule has 2 aliphatic heterocycles. The average Bonchev–Trinajstić information content (AvgIpc) is 2.56. The van der Waals surface area contributed by atoms with Gasteiger partial charge < -0.3 is 9.64 Å². The molecule has 2 heterocycles. The maximum Gasteiger partial charge on any atom is 0.228 e. The van der Waals surface area contributed by atoms with Crippen molar-refractivity contribution in [3.05, 3.63) is 0 Å². The van der Waals surface area contributed by atoms with Gasteiger partial charge in [-0.25, -0.2) is 0 Å². The van der Waals surface area contributed by atoms with Gasteiger partial charge in [0.05, 0.1) is 18.1 Å². The van der Waals surface area contributed by atoms with Crippen LogP contribution in [0, 0.1) is 17.3 Å². The van der Waals surface area contributed by atoms with E-state index in [1.54, 1.807) is 0 Å². The monoisotopic (exact) mass is 287 g/mol. The predicted molar refractivity (Wildman–Crippen MR) is 77.3 cm³/mol. The highest BCUT2D eigenvalue weighted by Gasteiger charge is 2.45. The van der Waals surface area contributed by atoms with Crippen LogP contribution >= 0.6 is 11.6 Å². The lowest BCUT2D eigenvalue weighted by molar-refractivity contribution is -0.140. The molecule has 19 heavy (non-hydrogen) atoms. The third-order valence-corrected chi connectivity index (χ3v) is 5.75. The number of carbonyl (C=O) groups excluding carboxylic acids is 1. The van der Waals surface area contributed by atoms with E-state index in [1.165, 1.54) is 0 Å². The molecule has 5 unspecified atom stereocenters. The van der Waals surface area contributed by atoms with Gasteiger partial charge in [0.25, 0.3) is 0 Å². The van der Waals surface area contributed by atoms with E-state index in [2.05, 4.69) is 27.7 Å². The minimum atomic E-state index is -0.00693. The Kier molecular flexibility index (Phi) is 4.18. The number of nitrogens with zero attached hydrogens (tertiary/aromatic N) is 1. The Morgan fingerprint density at radius 1 is 1.26 bits per heavy atom. The second-order valence-corrected chi connectivity index (χ2v) is 7.46. The summed E-state index contributed by atoms with van der Waals surface area (Å²) in [6.07, 6.45) is 1.07. The molecule has 0 aromatic carbocycles. The standard InChI is InChI=1S/C15H26ClNO2/c1-9-10(2)19-11(3)13(9)14(18)17-7-6-12(16)15(4,5)8-17/h9-13H,6-8H2,1-5H3. The van der Waals surface area contributed by atoms with Crippen LogP contribution in [-0.4, -0.2) is 41.5 Å². The molecular weight excluding hydrogens is 262 g/mol. The van der Waals surface area contributed by atoms with Gasteiger partial charge in [0.1, 0.15) is 0 Å². The fraction of sp³-hybridized carbons (Fsp3) is 0.933. The van der Waals surface area contributed by atoms with Crippen LogP contribution in [0.5, 0.6) is 0 Å². The summed E-state index contributed by atoms with van der Waals surface area (Å²) in [6.45, 7) is 12.0. The summed E-state index contributed by atoms with van der Waals surface area (Å²) >= 11 is 6.36. The number of halogens is 1. The molecule has 5 atom stereocenters. The van der Waals surface area contributed by atoms with Gasteiger partial charge in [-0.1, -0.05) is 20.8 Å². The van der Waals surface area contributed by atoms with Crippen molar-refractivity contribution in [2.75, 3.05) is 13.1 Å². The summed E-state index contributed by atoms with van der Waals surface area (Å²) in [5.74, 6) is 0.540. The molecule has 0 spiro atoms. The zero-order valence-corrected chi connectivity index (χ0v) is 13.4. The summed E-state index contributed by atoms with van der Waals surface area (Å²) in [5.41, 5.74) is -0.00693. The molecule has 0 saturated carbocycles. The van der Waals surface area contributed by atoms with Crippen molar-refractivity contribution in [2.45, 2.75) is 58.6 Å². The summed E-state index contributed by atoms with van der Waals surface area (Å²) in [7, 11) is 0. The minimum absolute atomic E-state index is 0.00215. The van der Waals surface area contributed by atoms with Crippen LogP contribution in [0.3, 0.4) is 0 Å². The highest BCUT2D eigenvalue weighted by molar-refractivity contribution is 6.21. The first-order valence-electron chi connectivity index (χ1n) is 7.32. The molecule has 2 fully saturated rings. The van der Waals surface area contributed by atoms with Gasteiger partial charge in [-0.15, -0.1) is 11.6 Å². The third kappa shape index (κ3) is 2.78. The van der Waals surface area contributed by atoms with Gasteiger partial charge in [-0.2, -0.15) is 0 Å². The van der Waals surface area contributed by atoms with Gasteiger partial charge in [0, 0.05) is 18.5 Å². The first kappa shape index (κ1) is 15.1. The Labute approximate surface area is 121 Å². The number of likely N-dealkylation sites (tertiary alicyclic amines) is 1. The first-order valence-corrected chi connectivity index (χ1v) is 7.76. The van der Waals surface area contributed by atoms with Gasteiger partial charge in [-0.3, -0.25) is 4.79 Å². The summed E-state index contributed by atoms with van der Waals surface area (Å²) in [4.78, 5) is 14.8. The van der Waals surface area contributed by atoms with E-state index < -0.39 is 0 Å². The van der Waals surface area contributed by atoms with Gasteiger partial charge in [0.2, 0.25) is 5.91 Å². The van der Waals surface area contributed by atoms with E-state index in [9.17, 15) is 4.79 Å². The van der Waals surface area contributed by atoms with Crippen molar-refractivity contribution in [1.82, 2.24) is 4.90 Å². The van der Waals surface area contributed by atoms with Crippen molar-refractivity contribution in [2.24, 2.45) is 17.3 Å². The maximum atomic E-state index is 12.8. The van der Waals surface area contributed by atoms with Crippen molar-refractivity contribution < 1.29 is 9.53 Å². The van der Waals surface area contributed by atoms with Crippen molar-refractivity contribution in [1.29, 1.82) is 0 Å². The van der Waals surface area contributed by atoms with Gasteiger partial charge in [0.15, 0.2) is 0 Å². The van der Waals surface area contributed by atoms with Crippen molar-refractivity contribution in [3.8, 4) is 0 Å². The van der Waals surface area contributed by atoms with E-state index in [0.717, 1.165) is 19.5 Å². The number of ether oxygens (including phenoxy) is 1. The molecule has 0 aliphatic carbocycles. The Hall–Kier alpha value is -0.280. The molecule has 0 bridgehead atoms. The number of hydrogen-bond acceptors (Lipinski definition) is 2. The Morgan fingerprint density at radius 2 is 1.89 bits per heavy atom. The zero-order chi connectivity index (χ0) is 14.4. The number of alkyl halides is 1. The molecule has 0 N–H and O–H groups in total. The fourth-order valence-corrected chi connectivity index (χ4v) is 3.59. The molecule has 0 aromatic heterocycles. The Balaban J connectivity index is 2.08. The second-order valence-electron chi connectivity index (χ2n) is 6.94. The van der Waals surface area contributed by atoms with Crippen LogP contribution in [0.25, 0.3) is 0 Å². The predicted octanol–water partition coefficient (Wildman–Crippen LogP) is 2.91. The average molecular weight is 288 g/mol. The lowest BCUT2D eigenvalue weighted by atomic mass is 9.81. The Bertz CT molecular complexity index is 358. The summed E-state index contributed by atoms with van der Waals surface area (Å²) in [5, 5.41) is 0.158. The molecule has 110 valence electrons. The fourth-order valence-electron chi connectivity index (χ4n) is 3.42. The summed E-state index contributed by atoms with van der Waals surface area (Å²) in [6, 6.07) is 0. The second kappa shape index (κ2) is 5.25. The van der Waals surface area contributed by atoms with E-state index >= 15 is 0 Å². The topological polar surface area (TPSA) is 29.5 Å². The minimum Gasteiger partial charge on any atom is -0.374 e. The quantitative estimate of drug-likeness (QED) is 0.694. The summed E-state index contributed by atoms with van der Waals surface area (Å²) < 4.78 is 5.80. The lowest BCUT2D eigenvalue weighted by Crippen LogP contribution is -2.52. The van der Waals surface area contributed by atoms with Gasteiger partial charge in [-0.05, 0) is 31.6 Å². The number of hydrogen-bond donors (Lipinski definition) is 0. The molecular formula is C15H26ClNO2. The number of amides is 1. The van der Waals surface area contributed by atoms with Crippen LogP contribution in [0.4, 0.5) is 0 Å². The van der Waals surface area contributed by atoms with E-state index in [1.807, 2.05) is 11.8 Å². The zero-order valence-electron chi connectivity index (χ0n) is 12.6. The van der Waals surface area contributed by atoms with E-state index in [4.69, 9.17) is 16.3 Å². The molecule has 0 aromatic rings. The van der Waals surface area contributed by atoms with Crippen LogP contribution in [-0.2, 0) is 9.53 Å². The highest BCUT2D eigenvalue weighted by Crippen LogP contribution is 2.37. The van der Waals surface area contributed by atoms with E-state index in [0.29, 0.717) is 5.92 Å². The largest absolute Gasteiger partial charge is 0.374 e. The van der Waals surface area contributed by atoms with Crippen LogP contribution < -0.4 is 0 Å². The maximum absolute atomic E-state index is 12.8. The normalized spacial score (nSPS) is 42.4. The number of rotatable bonds is 1. The molecule has 2 rings (SSSR count). The first-order chi connectivity index (χ1) is 8.74. The molecule has 0 radical (unpaired) electrons. The van der Waals surface area contributed by atoms with Crippen LogP contribution in [0.1, 0.15) is 41.0 Å². The molecule has 3 nitrogen and oxygen atoms in total. The third-order valence-electron chi connectivity index (χ3n) is 4.94. The number of piperidine rings is 1. The van der Waals surface area contributed by atoms with Crippen molar-refractivity contribution >= 4 is 17.5 Å². The molecule has 2 aliphatic rings.